The second kappa shape index (κ2) is 6.40. The van der Waals surface area contributed by atoms with Gasteiger partial charge in [-0.05, 0) is 32.9 Å². The first-order valence-corrected chi connectivity index (χ1v) is 6.05. The molecule has 4 nitrogen and oxygen atoms in total. The predicted octanol–water partition coefficient (Wildman–Crippen LogP) is 1.83. The molecule has 1 aromatic rings. The zero-order chi connectivity index (χ0) is 13.6. The molecular formula is C14H21NO3. The molecule has 0 aliphatic rings. The standard InChI is InChI=1S/C14H21NO3/c1-14(2,3)18-13(17)11-15(9-10-16)12-7-5-4-6-8-12/h4-8,16H,9-11H2,1-3H3. The van der Waals surface area contributed by atoms with Crippen LogP contribution in [0, 0.1) is 0 Å². The molecule has 0 aliphatic carbocycles. The fraction of sp³-hybridized carbons (Fsp3) is 0.500. The number of para-hydroxylation sites is 1. The lowest BCUT2D eigenvalue weighted by Crippen LogP contribution is -2.36. The highest BCUT2D eigenvalue weighted by Gasteiger charge is 2.18. The van der Waals surface area contributed by atoms with Crippen molar-refractivity contribution in [2.45, 2.75) is 26.4 Å². The Morgan fingerprint density at radius 2 is 1.89 bits per heavy atom. The van der Waals surface area contributed by atoms with E-state index >= 15 is 0 Å². The summed E-state index contributed by atoms with van der Waals surface area (Å²) in [6, 6.07) is 9.51. The second-order valence-corrected chi connectivity index (χ2v) is 5.07. The van der Waals surface area contributed by atoms with Crippen molar-refractivity contribution in [2.24, 2.45) is 0 Å². The van der Waals surface area contributed by atoms with E-state index in [4.69, 9.17) is 9.84 Å². The molecule has 0 radical (unpaired) electrons. The Kier molecular flexibility index (Phi) is 5.16. The van der Waals surface area contributed by atoms with Gasteiger partial charge in [0.1, 0.15) is 12.1 Å². The maximum atomic E-state index is 11.8. The third kappa shape index (κ3) is 5.19. The molecule has 0 heterocycles. The number of ether oxygens (including phenoxy) is 1. The summed E-state index contributed by atoms with van der Waals surface area (Å²) in [7, 11) is 0. The number of aliphatic hydroxyl groups excluding tert-OH is 1. The summed E-state index contributed by atoms with van der Waals surface area (Å²) in [5, 5.41) is 9.05. The van der Waals surface area contributed by atoms with E-state index in [1.807, 2.05) is 51.1 Å². The van der Waals surface area contributed by atoms with E-state index in [2.05, 4.69) is 0 Å². The van der Waals surface area contributed by atoms with Crippen LogP contribution in [-0.4, -0.2) is 36.4 Å². The van der Waals surface area contributed by atoms with E-state index < -0.39 is 5.60 Å². The van der Waals surface area contributed by atoms with Gasteiger partial charge in [0.2, 0.25) is 0 Å². The summed E-state index contributed by atoms with van der Waals surface area (Å²) in [4.78, 5) is 13.6. The van der Waals surface area contributed by atoms with Gasteiger partial charge in [-0.15, -0.1) is 0 Å². The fourth-order valence-electron chi connectivity index (χ4n) is 1.59. The number of benzene rings is 1. The van der Waals surface area contributed by atoms with Crippen LogP contribution in [0.2, 0.25) is 0 Å². The van der Waals surface area contributed by atoms with Crippen LogP contribution in [0.1, 0.15) is 20.8 Å². The number of rotatable bonds is 5. The summed E-state index contributed by atoms with van der Waals surface area (Å²) in [6.45, 7) is 6.06. The monoisotopic (exact) mass is 251 g/mol. The van der Waals surface area contributed by atoms with Gasteiger partial charge in [0.05, 0.1) is 6.61 Å². The van der Waals surface area contributed by atoms with E-state index in [1.54, 1.807) is 4.90 Å². The van der Waals surface area contributed by atoms with Crippen LogP contribution in [0.15, 0.2) is 30.3 Å². The normalized spacial score (nSPS) is 11.1. The van der Waals surface area contributed by atoms with Crippen molar-refractivity contribution in [3.63, 3.8) is 0 Å². The van der Waals surface area contributed by atoms with Crippen LogP contribution >= 0.6 is 0 Å². The molecule has 0 spiro atoms. The van der Waals surface area contributed by atoms with Gasteiger partial charge in [-0.1, -0.05) is 18.2 Å². The average Bonchev–Trinajstić information content (AvgIpc) is 2.27. The maximum absolute atomic E-state index is 11.8. The molecule has 0 saturated carbocycles. The first-order valence-electron chi connectivity index (χ1n) is 6.05. The minimum absolute atomic E-state index is 0.00229. The molecule has 100 valence electrons. The molecule has 0 aliphatic heterocycles. The van der Waals surface area contributed by atoms with E-state index in [9.17, 15) is 4.79 Å². The zero-order valence-electron chi connectivity index (χ0n) is 11.2. The molecular weight excluding hydrogens is 230 g/mol. The minimum atomic E-state index is -0.487. The van der Waals surface area contributed by atoms with E-state index in [0.29, 0.717) is 6.54 Å². The van der Waals surface area contributed by atoms with Gasteiger partial charge in [-0.2, -0.15) is 0 Å². The lowest BCUT2D eigenvalue weighted by Gasteiger charge is -2.26. The number of hydrogen-bond donors (Lipinski definition) is 1. The second-order valence-electron chi connectivity index (χ2n) is 5.07. The number of esters is 1. The summed E-state index contributed by atoms with van der Waals surface area (Å²) in [6.07, 6.45) is 0. The number of nitrogens with zero attached hydrogens (tertiary/aromatic N) is 1. The number of carbonyl (C=O) groups is 1. The minimum Gasteiger partial charge on any atom is -0.459 e. The lowest BCUT2D eigenvalue weighted by molar-refractivity contribution is -0.153. The Labute approximate surface area is 108 Å². The van der Waals surface area contributed by atoms with Gasteiger partial charge < -0.3 is 14.7 Å². The SMILES string of the molecule is CC(C)(C)OC(=O)CN(CCO)c1ccccc1. The Morgan fingerprint density at radius 3 is 2.39 bits per heavy atom. The van der Waals surface area contributed by atoms with Crippen LogP contribution < -0.4 is 4.90 Å². The summed E-state index contributed by atoms with van der Waals surface area (Å²) >= 11 is 0. The Morgan fingerprint density at radius 1 is 1.28 bits per heavy atom. The van der Waals surface area contributed by atoms with Crippen LogP contribution in [0.3, 0.4) is 0 Å². The van der Waals surface area contributed by atoms with Crippen molar-refractivity contribution >= 4 is 11.7 Å². The molecule has 0 unspecified atom stereocenters. The van der Waals surface area contributed by atoms with Crippen molar-refractivity contribution in [3.8, 4) is 0 Å². The van der Waals surface area contributed by atoms with Crippen molar-refractivity contribution in [2.75, 3.05) is 24.6 Å². The van der Waals surface area contributed by atoms with Gasteiger partial charge in [0.15, 0.2) is 0 Å². The molecule has 1 aromatic carbocycles. The van der Waals surface area contributed by atoms with Crippen LogP contribution in [0.25, 0.3) is 0 Å². The highest BCUT2D eigenvalue weighted by Crippen LogP contribution is 2.14. The smallest absolute Gasteiger partial charge is 0.326 e. The Bertz CT molecular complexity index is 370. The van der Waals surface area contributed by atoms with Gasteiger partial charge in [0, 0.05) is 12.2 Å². The van der Waals surface area contributed by atoms with Crippen LogP contribution in [-0.2, 0) is 9.53 Å². The first-order chi connectivity index (χ1) is 8.42. The Hall–Kier alpha value is -1.55. The summed E-state index contributed by atoms with van der Waals surface area (Å²) < 4.78 is 5.27. The third-order valence-electron chi connectivity index (χ3n) is 2.23. The number of anilines is 1. The average molecular weight is 251 g/mol. The van der Waals surface area contributed by atoms with Gasteiger partial charge in [-0.3, -0.25) is 4.79 Å². The summed E-state index contributed by atoms with van der Waals surface area (Å²) in [5.41, 5.74) is 0.413. The van der Waals surface area contributed by atoms with Crippen LogP contribution in [0.4, 0.5) is 5.69 Å². The predicted molar refractivity (Wildman–Crippen MR) is 71.6 cm³/mol. The van der Waals surface area contributed by atoms with Crippen molar-refractivity contribution in [1.82, 2.24) is 0 Å². The fourth-order valence-corrected chi connectivity index (χ4v) is 1.59. The van der Waals surface area contributed by atoms with E-state index in [1.165, 1.54) is 0 Å². The van der Waals surface area contributed by atoms with Crippen molar-refractivity contribution < 1.29 is 14.6 Å². The van der Waals surface area contributed by atoms with Crippen LogP contribution in [0.5, 0.6) is 0 Å². The molecule has 0 aromatic heterocycles. The van der Waals surface area contributed by atoms with Gasteiger partial charge in [-0.25, -0.2) is 0 Å². The molecule has 1 rings (SSSR count). The third-order valence-corrected chi connectivity index (χ3v) is 2.23. The molecule has 0 amide bonds. The molecule has 18 heavy (non-hydrogen) atoms. The largest absolute Gasteiger partial charge is 0.459 e. The number of carbonyl (C=O) groups excluding carboxylic acids is 1. The molecule has 4 heteroatoms. The molecule has 0 atom stereocenters. The molecule has 0 saturated heterocycles. The highest BCUT2D eigenvalue weighted by atomic mass is 16.6. The number of aliphatic hydroxyl groups is 1. The van der Waals surface area contributed by atoms with Crippen molar-refractivity contribution in [1.29, 1.82) is 0 Å². The topological polar surface area (TPSA) is 49.8 Å². The first kappa shape index (κ1) is 14.5. The quantitative estimate of drug-likeness (QED) is 0.811. The molecule has 1 N–H and O–H groups in total. The lowest BCUT2D eigenvalue weighted by atomic mass is 10.2. The molecule has 0 fully saturated rings. The maximum Gasteiger partial charge on any atom is 0.326 e. The highest BCUT2D eigenvalue weighted by molar-refractivity contribution is 5.76. The van der Waals surface area contributed by atoms with E-state index in [-0.39, 0.29) is 19.1 Å². The molecule has 0 bridgehead atoms. The summed E-state index contributed by atoms with van der Waals surface area (Å²) in [5.74, 6) is -0.292. The van der Waals surface area contributed by atoms with Gasteiger partial charge >= 0.3 is 5.97 Å². The van der Waals surface area contributed by atoms with Crippen molar-refractivity contribution in [3.05, 3.63) is 30.3 Å². The zero-order valence-corrected chi connectivity index (χ0v) is 11.2. The Balaban J connectivity index is 2.67. The van der Waals surface area contributed by atoms with Gasteiger partial charge in [0.25, 0.3) is 0 Å². The van der Waals surface area contributed by atoms with E-state index in [0.717, 1.165) is 5.69 Å². The number of hydrogen-bond acceptors (Lipinski definition) is 4.